The lowest BCUT2D eigenvalue weighted by Gasteiger charge is -2.31. The Balaban J connectivity index is 4.33. The molecule has 66 heavy (non-hydrogen) atoms. The van der Waals surface area contributed by atoms with Gasteiger partial charge in [0.05, 0.1) is 34.4 Å². The third-order valence-corrected chi connectivity index (χ3v) is 11.2. The van der Waals surface area contributed by atoms with Crippen molar-refractivity contribution in [2.75, 3.05) is 41.0 Å². The molecule has 0 bridgehead atoms. The van der Waals surface area contributed by atoms with Crippen LogP contribution in [0.4, 0.5) is 0 Å². The van der Waals surface area contributed by atoms with Gasteiger partial charge in [0.1, 0.15) is 6.61 Å². The number of carboxylic acid groups (broad SMARTS) is 1. The number of likely N-dealkylation sites (N-methyl/N-ethyl adjacent to an activating group) is 1. The van der Waals surface area contributed by atoms with Gasteiger partial charge in [0.2, 0.25) is 0 Å². The quantitative estimate of drug-likeness (QED) is 0.0281. The highest BCUT2D eigenvalue weighted by Crippen LogP contribution is 2.14. The molecular weight excluding hydrogens is 823 g/mol. The van der Waals surface area contributed by atoms with Crippen molar-refractivity contribution < 1.29 is 38.2 Å². The molecule has 0 spiro atoms. The van der Waals surface area contributed by atoms with Gasteiger partial charge in [-0.05, 0) is 96.3 Å². The summed E-state index contributed by atoms with van der Waals surface area (Å²) in [5.41, 5.74) is 0. The fourth-order valence-electron chi connectivity index (χ4n) is 7.18. The first-order valence-electron chi connectivity index (χ1n) is 26.3. The van der Waals surface area contributed by atoms with Crippen molar-refractivity contribution in [2.24, 2.45) is 0 Å². The van der Waals surface area contributed by atoms with E-state index in [1.54, 1.807) is 0 Å². The van der Waals surface area contributed by atoms with Crippen molar-refractivity contribution in [1.82, 2.24) is 0 Å². The number of carbonyl (C=O) groups excluding carboxylic acids is 2. The van der Waals surface area contributed by atoms with E-state index in [1.807, 2.05) is 21.1 Å². The summed E-state index contributed by atoms with van der Waals surface area (Å²) in [6.07, 6.45) is 64.6. The highest BCUT2D eigenvalue weighted by Gasteiger charge is 2.31. The van der Waals surface area contributed by atoms with E-state index in [0.717, 1.165) is 77.0 Å². The zero-order valence-corrected chi connectivity index (χ0v) is 42.9. The van der Waals surface area contributed by atoms with Gasteiger partial charge in [-0.15, -0.1) is 0 Å². The Morgan fingerprint density at radius 1 is 0.470 bits per heavy atom. The molecule has 0 aromatic heterocycles. The maximum atomic E-state index is 12.8. The predicted molar refractivity (Wildman–Crippen MR) is 279 cm³/mol. The van der Waals surface area contributed by atoms with Crippen LogP contribution in [-0.4, -0.2) is 80.6 Å². The van der Waals surface area contributed by atoms with E-state index < -0.39 is 18.1 Å². The van der Waals surface area contributed by atoms with E-state index in [1.165, 1.54) is 83.5 Å². The Morgan fingerprint density at radius 3 is 1.29 bits per heavy atom. The molecule has 0 rings (SSSR count). The van der Waals surface area contributed by atoms with Gasteiger partial charge in [0.15, 0.2) is 12.1 Å². The minimum Gasteiger partial charge on any atom is -0.477 e. The van der Waals surface area contributed by atoms with E-state index in [9.17, 15) is 19.5 Å². The molecule has 0 aliphatic carbocycles. The van der Waals surface area contributed by atoms with Crippen LogP contribution in [0.1, 0.15) is 200 Å². The molecular formula is C58H98NO7+. The number of carboxylic acids is 1. The summed E-state index contributed by atoms with van der Waals surface area (Å²) in [4.78, 5) is 37.2. The summed E-state index contributed by atoms with van der Waals surface area (Å²) in [7, 11) is 5.52. The van der Waals surface area contributed by atoms with Crippen molar-refractivity contribution in [2.45, 2.75) is 212 Å². The van der Waals surface area contributed by atoms with Gasteiger partial charge in [-0.1, -0.05) is 182 Å². The van der Waals surface area contributed by atoms with E-state index in [0.29, 0.717) is 25.7 Å². The highest BCUT2D eigenvalue weighted by atomic mass is 16.6. The van der Waals surface area contributed by atoms with Gasteiger partial charge in [0, 0.05) is 19.3 Å². The Morgan fingerprint density at radius 2 is 0.848 bits per heavy atom. The van der Waals surface area contributed by atoms with Crippen LogP contribution in [0.3, 0.4) is 0 Å². The Bertz CT molecular complexity index is 1400. The SMILES string of the molecule is CC/C=C/C/C=C/C/C=C/CCCCCCCCCCCCCC(=O)OC(COCCC(C(=O)O)[N+](C)(C)C)COC(=O)CCCC/C=C/C/C=C/C/C=C/C/C=C/C/C=C/CCCCC. The fourth-order valence-corrected chi connectivity index (χ4v) is 7.18. The normalized spacial score (nSPS) is 13.7. The summed E-state index contributed by atoms with van der Waals surface area (Å²) in [5.74, 6) is -1.53. The second-order valence-corrected chi connectivity index (χ2v) is 18.4. The van der Waals surface area contributed by atoms with Crippen molar-refractivity contribution in [1.29, 1.82) is 0 Å². The number of unbranched alkanes of at least 4 members (excludes halogenated alkanes) is 16. The molecule has 0 radical (unpaired) electrons. The van der Waals surface area contributed by atoms with Gasteiger partial charge in [0.25, 0.3) is 0 Å². The van der Waals surface area contributed by atoms with Crippen molar-refractivity contribution >= 4 is 17.9 Å². The molecule has 0 aliphatic heterocycles. The molecule has 0 saturated heterocycles. The largest absolute Gasteiger partial charge is 0.477 e. The third kappa shape index (κ3) is 45.4. The lowest BCUT2D eigenvalue weighted by atomic mass is 10.0. The summed E-state index contributed by atoms with van der Waals surface area (Å²) in [6, 6.07) is -0.628. The van der Waals surface area contributed by atoms with Gasteiger partial charge < -0.3 is 23.8 Å². The van der Waals surface area contributed by atoms with Crippen molar-refractivity contribution in [3.8, 4) is 0 Å². The molecule has 376 valence electrons. The van der Waals surface area contributed by atoms with Crippen LogP contribution in [0.2, 0.25) is 0 Å². The van der Waals surface area contributed by atoms with Crippen LogP contribution in [0.25, 0.3) is 0 Å². The lowest BCUT2D eigenvalue weighted by molar-refractivity contribution is -0.887. The highest BCUT2D eigenvalue weighted by molar-refractivity contribution is 5.72. The van der Waals surface area contributed by atoms with Gasteiger partial charge in [-0.3, -0.25) is 9.59 Å². The molecule has 0 aromatic rings. The van der Waals surface area contributed by atoms with Crippen LogP contribution in [0, 0.1) is 0 Å². The second kappa shape index (κ2) is 47.7. The average molecular weight is 921 g/mol. The first-order chi connectivity index (χ1) is 32.1. The molecule has 8 nitrogen and oxygen atoms in total. The Labute approximate surface area is 405 Å². The third-order valence-electron chi connectivity index (χ3n) is 11.2. The first-order valence-corrected chi connectivity index (χ1v) is 26.3. The van der Waals surface area contributed by atoms with Gasteiger partial charge in [-0.25, -0.2) is 4.79 Å². The number of hydrogen-bond acceptors (Lipinski definition) is 6. The van der Waals surface area contributed by atoms with Crippen LogP contribution in [0.5, 0.6) is 0 Å². The van der Waals surface area contributed by atoms with E-state index in [2.05, 4.69) is 111 Å². The smallest absolute Gasteiger partial charge is 0.362 e. The molecule has 0 amide bonds. The van der Waals surface area contributed by atoms with Crippen molar-refractivity contribution in [3.05, 3.63) is 97.2 Å². The molecule has 8 heteroatoms. The number of carbonyl (C=O) groups is 3. The number of allylic oxidation sites excluding steroid dienone is 16. The van der Waals surface area contributed by atoms with Crippen LogP contribution < -0.4 is 0 Å². The molecule has 0 saturated carbocycles. The molecule has 2 unspecified atom stereocenters. The predicted octanol–water partition coefficient (Wildman–Crippen LogP) is 15.4. The minimum absolute atomic E-state index is 0.0409. The van der Waals surface area contributed by atoms with Crippen LogP contribution >= 0.6 is 0 Å². The van der Waals surface area contributed by atoms with E-state index >= 15 is 0 Å². The molecule has 0 heterocycles. The number of hydrogen-bond donors (Lipinski definition) is 1. The summed E-state index contributed by atoms with van der Waals surface area (Å²) in [6.45, 7) is 4.55. The summed E-state index contributed by atoms with van der Waals surface area (Å²) < 4.78 is 17.3. The van der Waals surface area contributed by atoms with E-state index in [4.69, 9.17) is 14.2 Å². The molecule has 1 N–H and O–H groups in total. The molecule has 0 aromatic carbocycles. The molecule has 2 atom stereocenters. The van der Waals surface area contributed by atoms with Crippen molar-refractivity contribution in [3.63, 3.8) is 0 Å². The first kappa shape index (κ1) is 62.2. The summed E-state index contributed by atoms with van der Waals surface area (Å²) in [5, 5.41) is 9.66. The van der Waals surface area contributed by atoms with Gasteiger partial charge >= 0.3 is 17.9 Å². The zero-order valence-electron chi connectivity index (χ0n) is 42.9. The summed E-state index contributed by atoms with van der Waals surface area (Å²) >= 11 is 0. The van der Waals surface area contributed by atoms with Gasteiger partial charge in [-0.2, -0.15) is 0 Å². The minimum atomic E-state index is -0.884. The zero-order chi connectivity index (χ0) is 48.4. The van der Waals surface area contributed by atoms with Crippen LogP contribution in [-0.2, 0) is 28.6 Å². The number of aliphatic carboxylic acids is 1. The molecule has 0 aliphatic rings. The number of nitrogens with zero attached hydrogens (tertiary/aromatic N) is 1. The topological polar surface area (TPSA) is 99.1 Å². The fraction of sp³-hybridized carbons (Fsp3) is 0.672. The average Bonchev–Trinajstić information content (AvgIpc) is 3.28. The second-order valence-electron chi connectivity index (χ2n) is 18.4. The maximum Gasteiger partial charge on any atom is 0.362 e. The Kier molecular flexibility index (Phi) is 45.0. The number of rotatable bonds is 46. The van der Waals surface area contributed by atoms with E-state index in [-0.39, 0.29) is 36.2 Å². The lowest BCUT2D eigenvalue weighted by Crippen LogP contribution is -2.50. The number of esters is 2. The standard InChI is InChI=1S/C58H97NO7/c1-6-8-10-12-14-16-18-20-22-24-26-28-30-32-34-36-38-40-42-44-46-48-56(60)65-53-54(52-64-51-50-55(58(62)63)59(3,4)5)66-57(61)49-47-45-43-41-39-37-35-33-31-29-27-25-23-21-19-17-15-13-11-9-7-2/h9,11,14-17,20-23,26,28,32,34,38,40,54-55H,6-8,10,12-13,18-19,24-25,27,29-31,33,35-37,39,41-53H2,1-5H3/p+1/b11-9+,16-14+,17-15+,22-20+,23-21+,28-26+,34-32+,40-38+. The van der Waals surface area contributed by atoms with Crippen LogP contribution in [0.15, 0.2) is 97.2 Å². The Hall–Kier alpha value is -3.75. The number of quaternary nitrogens is 1. The maximum absolute atomic E-state index is 12.8. The molecule has 0 fully saturated rings. The number of ether oxygens (including phenoxy) is 3. The monoisotopic (exact) mass is 921 g/mol.